The van der Waals surface area contributed by atoms with Gasteiger partial charge in [0.2, 0.25) is 5.91 Å². The molecule has 1 atom stereocenters. The largest absolute Gasteiger partial charge is 0.342 e. The Labute approximate surface area is 131 Å². The molecule has 1 aromatic rings. The highest BCUT2D eigenvalue weighted by molar-refractivity contribution is 6.30. The Morgan fingerprint density at radius 1 is 1.19 bits per heavy atom. The van der Waals surface area contributed by atoms with Crippen LogP contribution in [0, 0.1) is 5.92 Å². The van der Waals surface area contributed by atoms with Crippen molar-refractivity contribution in [3.8, 4) is 0 Å². The van der Waals surface area contributed by atoms with Crippen LogP contribution in [0.25, 0.3) is 0 Å². The second-order valence-electron chi connectivity index (χ2n) is 6.27. The van der Waals surface area contributed by atoms with Crippen molar-refractivity contribution in [2.75, 3.05) is 26.2 Å². The number of carbonyl (C=O) groups excluding carboxylic acids is 1. The van der Waals surface area contributed by atoms with Crippen LogP contribution in [0.15, 0.2) is 24.3 Å². The van der Waals surface area contributed by atoms with E-state index in [1.807, 2.05) is 12.1 Å². The third-order valence-corrected chi connectivity index (χ3v) is 5.06. The van der Waals surface area contributed by atoms with E-state index in [2.05, 4.69) is 22.3 Å². The number of benzene rings is 1. The van der Waals surface area contributed by atoms with Gasteiger partial charge in [-0.05, 0) is 56.0 Å². The van der Waals surface area contributed by atoms with Gasteiger partial charge in [0.25, 0.3) is 0 Å². The van der Waals surface area contributed by atoms with E-state index in [-0.39, 0.29) is 0 Å². The van der Waals surface area contributed by atoms with Gasteiger partial charge in [0, 0.05) is 30.5 Å². The fraction of sp³-hybridized carbons (Fsp3) is 0.588. The van der Waals surface area contributed by atoms with Crippen molar-refractivity contribution in [2.24, 2.45) is 5.92 Å². The fourth-order valence-corrected chi connectivity index (χ4v) is 3.58. The minimum absolute atomic E-state index is 0.346. The average Bonchev–Trinajstić information content (AvgIpc) is 2.99. The molecule has 1 unspecified atom stereocenters. The van der Waals surface area contributed by atoms with Crippen molar-refractivity contribution in [3.05, 3.63) is 34.9 Å². The topological polar surface area (TPSA) is 32.3 Å². The Balaban J connectivity index is 1.53. The van der Waals surface area contributed by atoms with Crippen LogP contribution in [-0.4, -0.2) is 37.0 Å². The summed E-state index contributed by atoms with van der Waals surface area (Å²) in [6.07, 6.45) is 4.08. The summed E-state index contributed by atoms with van der Waals surface area (Å²) in [4.78, 5) is 14.5. The number of nitrogens with zero attached hydrogens (tertiary/aromatic N) is 1. The summed E-state index contributed by atoms with van der Waals surface area (Å²) in [6, 6.07) is 8.06. The monoisotopic (exact) mass is 306 g/mol. The molecule has 114 valence electrons. The zero-order valence-electron chi connectivity index (χ0n) is 12.4. The van der Waals surface area contributed by atoms with Crippen LogP contribution in [-0.2, 0) is 4.79 Å². The first-order valence-corrected chi connectivity index (χ1v) is 8.34. The standard InChI is InChI=1S/C17H23ClN2O/c18-16-3-1-14(2-4-16)15-7-10-20(12-15)17(21)11-13-5-8-19-9-6-13/h1-4,13,15,19H,5-12H2. The van der Waals surface area contributed by atoms with Crippen LogP contribution in [0.5, 0.6) is 0 Å². The Bertz CT molecular complexity index is 482. The van der Waals surface area contributed by atoms with Crippen LogP contribution in [0.1, 0.15) is 37.2 Å². The highest BCUT2D eigenvalue weighted by atomic mass is 35.5. The van der Waals surface area contributed by atoms with E-state index in [4.69, 9.17) is 11.6 Å². The molecule has 0 radical (unpaired) electrons. The average molecular weight is 307 g/mol. The number of nitrogens with one attached hydrogen (secondary N) is 1. The van der Waals surface area contributed by atoms with Gasteiger partial charge in [-0.3, -0.25) is 4.79 Å². The lowest BCUT2D eigenvalue weighted by molar-refractivity contribution is -0.131. The molecule has 4 heteroatoms. The molecule has 3 nitrogen and oxygen atoms in total. The second-order valence-corrected chi connectivity index (χ2v) is 6.71. The van der Waals surface area contributed by atoms with Gasteiger partial charge in [-0.1, -0.05) is 23.7 Å². The summed E-state index contributed by atoms with van der Waals surface area (Å²) in [5.74, 6) is 1.39. The summed E-state index contributed by atoms with van der Waals surface area (Å²) >= 11 is 5.94. The SMILES string of the molecule is O=C(CC1CCNCC1)N1CCC(c2ccc(Cl)cc2)C1. The van der Waals surface area contributed by atoms with Crippen molar-refractivity contribution in [2.45, 2.75) is 31.6 Å². The first-order valence-electron chi connectivity index (χ1n) is 7.96. The van der Waals surface area contributed by atoms with E-state index < -0.39 is 0 Å². The second kappa shape index (κ2) is 6.80. The number of amides is 1. The highest BCUT2D eigenvalue weighted by Gasteiger charge is 2.28. The Hall–Kier alpha value is -1.06. The number of hydrogen-bond donors (Lipinski definition) is 1. The van der Waals surface area contributed by atoms with Crippen molar-refractivity contribution >= 4 is 17.5 Å². The molecule has 0 aliphatic carbocycles. The van der Waals surface area contributed by atoms with Crippen LogP contribution in [0.4, 0.5) is 0 Å². The first-order chi connectivity index (χ1) is 10.2. The number of halogens is 1. The maximum atomic E-state index is 12.4. The predicted octanol–water partition coefficient (Wildman–Crippen LogP) is 3.05. The van der Waals surface area contributed by atoms with Crippen LogP contribution < -0.4 is 5.32 Å². The zero-order chi connectivity index (χ0) is 14.7. The molecule has 1 N–H and O–H groups in total. The zero-order valence-corrected chi connectivity index (χ0v) is 13.1. The van der Waals surface area contributed by atoms with E-state index in [0.717, 1.165) is 56.9 Å². The van der Waals surface area contributed by atoms with Crippen LogP contribution >= 0.6 is 11.6 Å². The van der Waals surface area contributed by atoms with Crippen molar-refractivity contribution in [1.29, 1.82) is 0 Å². The Morgan fingerprint density at radius 2 is 1.90 bits per heavy atom. The maximum absolute atomic E-state index is 12.4. The Kier molecular flexibility index (Phi) is 4.81. The summed E-state index contributed by atoms with van der Waals surface area (Å²) in [6.45, 7) is 3.89. The molecule has 3 rings (SSSR count). The summed E-state index contributed by atoms with van der Waals surface area (Å²) in [7, 11) is 0. The fourth-order valence-electron chi connectivity index (χ4n) is 3.46. The predicted molar refractivity (Wildman–Crippen MR) is 85.6 cm³/mol. The van der Waals surface area contributed by atoms with Gasteiger partial charge in [0.1, 0.15) is 0 Å². The molecule has 0 bridgehead atoms. The minimum Gasteiger partial charge on any atom is -0.342 e. The van der Waals surface area contributed by atoms with Gasteiger partial charge < -0.3 is 10.2 Å². The van der Waals surface area contributed by atoms with Gasteiger partial charge >= 0.3 is 0 Å². The van der Waals surface area contributed by atoms with Gasteiger partial charge in [-0.15, -0.1) is 0 Å². The smallest absolute Gasteiger partial charge is 0.222 e. The molecule has 0 saturated carbocycles. The maximum Gasteiger partial charge on any atom is 0.222 e. The summed E-state index contributed by atoms with van der Waals surface area (Å²) in [5.41, 5.74) is 1.30. The van der Waals surface area contributed by atoms with Gasteiger partial charge in [-0.2, -0.15) is 0 Å². The van der Waals surface area contributed by atoms with E-state index in [9.17, 15) is 4.79 Å². The highest BCUT2D eigenvalue weighted by Crippen LogP contribution is 2.29. The van der Waals surface area contributed by atoms with E-state index in [1.165, 1.54) is 5.56 Å². The molecule has 2 saturated heterocycles. The molecule has 2 heterocycles. The quantitative estimate of drug-likeness (QED) is 0.931. The molecule has 1 amide bonds. The molecule has 1 aromatic carbocycles. The van der Waals surface area contributed by atoms with E-state index >= 15 is 0 Å². The van der Waals surface area contributed by atoms with Gasteiger partial charge in [-0.25, -0.2) is 0 Å². The minimum atomic E-state index is 0.346. The van der Waals surface area contributed by atoms with E-state index in [1.54, 1.807) is 0 Å². The van der Waals surface area contributed by atoms with Gasteiger partial charge in [0.15, 0.2) is 0 Å². The molecule has 2 aliphatic heterocycles. The lowest BCUT2D eigenvalue weighted by Gasteiger charge is -2.24. The lowest BCUT2D eigenvalue weighted by atomic mass is 9.94. The summed E-state index contributed by atoms with van der Waals surface area (Å²) in [5, 5.41) is 4.13. The van der Waals surface area contributed by atoms with E-state index in [0.29, 0.717) is 17.7 Å². The molecule has 21 heavy (non-hydrogen) atoms. The van der Waals surface area contributed by atoms with Gasteiger partial charge in [0.05, 0.1) is 0 Å². The van der Waals surface area contributed by atoms with Crippen LogP contribution in [0.3, 0.4) is 0 Å². The number of likely N-dealkylation sites (tertiary alicyclic amines) is 1. The molecular weight excluding hydrogens is 284 g/mol. The van der Waals surface area contributed by atoms with Crippen molar-refractivity contribution in [3.63, 3.8) is 0 Å². The first kappa shape index (κ1) is 14.9. The molecule has 2 fully saturated rings. The number of hydrogen-bond acceptors (Lipinski definition) is 2. The lowest BCUT2D eigenvalue weighted by Crippen LogP contribution is -2.34. The molecular formula is C17H23ClN2O. The third kappa shape index (κ3) is 3.78. The molecule has 0 spiro atoms. The summed E-state index contributed by atoms with van der Waals surface area (Å²) < 4.78 is 0. The van der Waals surface area contributed by atoms with Crippen molar-refractivity contribution in [1.82, 2.24) is 10.2 Å². The number of piperidine rings is 1. The van der Waals surface area contributed by atoms with Crippen molar-refractivity contribution < 1.29 is 4.79 Å². The number of carbonyl (C=O) groups is 1. The molecule has 0 aromatic heterocycles. The van der Waals surface area contributed by atoms with Crippen LogP contribution in [0.2, 0.25) is 5.02 Å². The third-order valence-electron chi connectivity index (χ3n) is 4.80. The normalized spacial score (nSPS) is 23.5. The molecule has 2 aliphatic rings. The number of rotatable bonds is 3. The Morgan fingerprint density at radius 3 is 2.62 bits per heavy atom.